The van der Waals surface area contributed by atoms with Crippen LogP contribution in [0.15, 0.2) is 11.0 Å². The molecule has 20 heavy (non-hydrogen) atoms. The van der Waals surface area contributed by atoms with E-state index in [-0.39, 0.29) is 0 Å². The van der Waals surface area contributed by atoms with E-state index in [0.717, 1.165) is 7.11 Å². The molecule has 0 aliphatic rings. The van der Waals surface area contributed by atoms with Crippen molar-refractivity contribution in [2.24, 2.45) is 0 Å². The Bertz CT molecular complexity index is 594. The smallest absolute Gasteiger partial charge is 0.469 e. The lowest BCUT2D eigenvalue weighted by Gasteiger charge is -2.10. The first-order chi connectivity index (χ1) is 9.15. The summed E-state index contributed by atoms with van der Waals surface area (Å²) in [6.07, 6.45) is -5.66. The highest BCUT2D eigenvalue weighted by Crippen LogP contribution is 2.32. The molecule has 0 aliphatic heterocycles. The van der Waals surface area contributed by atoms with Gasteiger partial charge in [-0.05, 0) is 0 Å². The maximum Gasteiger partial charge on any atom is 0.573 e. The topological polar surface area (TPSA) is 112 Å². The molecule has 0 saturated heterocycles. The molecule has 1 aromatic rings. The lowest BCUT2D eigenvalue weighted by molar-refractivity contribution is -0.389. The number of aromatic nitrogens is 1. The minimum atomic E-state index is -5.19. The van der Waals surface area contributed by atoms with E-state index in [1.54, 1.807) is 0 Å². The summed E-state index contributed by atoms with van der Waals surface area (Å²) in [6, 6.07) is 0. The van der Waals surface area contributed by atoms with Gasteiger partial charge in [-0.2, -0.15) is 0 Å². The van der Waals surface area contributed by atoms with E-state index in [2.05, 4.69) is 9.47 Å². The number of alkyl halides is 3. The predicted octanol–water partition coefficient (Wildman–Crippen LogP) is 0.897. The second kappa shape index (κ2) is 5.59. The third-order valence-corrected chi connectivity index (χ3v) is 2.08. The molecular weight excluding hydrogens is 289 g/mol. The van der Waals surface area contributed by atoms with Crippen LogP contribution in [0.2, 0.25) is 0 Å². The van der Waals surface area contributed by atoms with Crippen LogP contribution in [-0.4, -0.2) is 29.3 Å². The highest BCUT2D eigenvalue weighted by Gasteiger charge is 2.36. The van der Waals surface area contributed by atoms with E-state index in [0.29, 0.717) is 6.20 Å². The molecule has 0 atom stereocenters. The predicted molar refractivity (Wildman–Crippen MR) is 56.1 cm³/mol. The van der Waals surface area contributed by atoms with Gasteiger partial charge in [-0.25, -0.2) is 0 Å². The molecule has 8 nitrogen and oxygen atoms in total. The average Bonchev–Trinajstić information content (AvgIpc) is 2.30. The fraction of sp³-hybridized carbons (Fsp3) is 0.333. The molecule has 0 saturated carbocycles. The molecule has 0 unspecified atom stereocenters. The highest BCUT2D eigenvalue weighted by molar-refractivity contribution is 5.74. The van der Waals surface area contributed by atoms with Crippen molar-refractivity contribution >= 4 is 11.7 Å². The third kappa shape index (κ3) is 3.70. The van der Waals surface area contributed by atoms with E-state index in [9.17, 15) is 32.9 Å². The summed E-state index contributed by atoms with van der Waals surface area (Å²) in [6.45, 7) is 0. The van der Waals surface area contributed by atoms with Gasteiger partial charge in [0.05, 0.1) is 24.7 Å². The molecule has 1 N–H and O–H groups in total. The first-order valence-electron chi connectivity index (χ1n) is 4.87. The largest absolute Gasteiger partial charge is 0.573 e. The molecule has 0 bridgehead atoms. The summed E-state index contributed by atoms with van der Waals surface area (Å²) >= 11 is 0. The summed E-state index contributed by atoms with van der Waals surface area (Å²) in [5.41, 5.74) is -3.11. The van der Waals surface area contributed by atoms with Gasteiger partial charge in [-0.15, -0.1) is 13.2 Å². The van der Waals surface area contributed by atoms with Crippen LogP contribution in [0.1, 0.15) is 5.56 Å². The van der Waals surface area contributed by atoms with Crippen LogP contribution in [-0.2, 0) is 16.0 Å². The highest BCUT2D eigenvalue weighted by atomic mass is 19.4. The zero-order valence-electron chi connectivity index (χ0n) is 9.82. The Morgan fingerprint density at radius 1 is 1.50 bits per heavy atom. The number of nitrogens with one attached hydrogen (secondary N) is 1. The van der Waals surface area contributed by atoms with Crippen LogP contribution < -0.4 is 10.3 Å². The van der Waals surface area contributed by atoms with Gasteiger partial charge in [0.2, 0.25) is 5.75 Å². The molecule has 1 heterocycles. The first-order valence-corrected chi connectivity index (χ1v) is 4.87. The molecule has 0 radical (unpaired) electrons. The summed E-state index contributed by atoms with van der Waals surface area (Å²) in [5, 5.41) is 10.8. The number of esters is 1. The fourth-order valence-electron chi connectivity index (χ4n) is 1.33. The molecule has 11 heteroatoms. The van der Waals surface area contributed by atoms with Crippen LogP contribution in [0.5, 0.6) is 5.75 Å². The summed E-state index contributed by atoms with van der Waals surface area (Å²) in [5.74, 6) is -2.25. The number of pyridine rings is 1. The number of H-pyrrole nitrogens is 1. The SMILES string of the molecule is COC(=O)Cc1c([N+](=O)[O-])c(OC(F)(F)F)c[nH]c1=O. The molecule has 1 rings (SSSR count). The van der Waals surface area contributed by atoms with Crippen molar-refractivity contribution in [1.82, 2.24) is 4.98 Å². The summed E-state index contributed by atoms with van der Waals surface area (Å²) in [7, 11) is 0.957. The Labute approximate surface area is 108 Å². The number of ether oxygens (including phenoxy) is 2. The van der Waals surface area contributed by atoms with Crippen LogP contribution >= 0.6 is 0 Å². The van der Waals surface area contributed by atoms with Gasteiger partial charge < -0.3 is 14.5 Å². The summed E-state index contributed by atoms with van der Waals surface area (Å²) < 4.78 is 44.0. The zero-order chi connectivity index (χ0) is 15.5. The number of halogens is 3. The standard InChI is InChI=1S/C9H7F3N2O6/c1-19-6(15)2-4-7(14(17)18)5(3-13-8(4)16)20-9(10,11)12/h3H,2H2,1H3,(H,13,16). The summed E-state index contributed by atoms with van der Waals surface area (Å²) in [4.78, 5) is 33.8. The minimum Gasteiger partial charge on any atom is -0.469 e. The fourth-order valence-corrected chi connectivity index (χ4v) is 1.33. The maximum atomic E-state index is 12.1. The Balaban J connectivity index is 3.41. The van der Waals surface area contributed by atoms with Gasteiger partial charge in [-0.1, -0.05) is 0 Å². The van der Waals surface area contributed by atoms with E-state index >= 15 is 0 Å². The van der Waals surface area contributed by atoms with Gasteiger partial charge in [0.1, 0.15) is 5.56 Å². The first kappa shape index (κ1) is 15.5. The van der Waals surface area contributed by atoms with Gasteiger partial charge >= 0.3 is 18.0 Å². The number of rotatable bonds is 4. The Kier molecular flexibility index (Phi) is 4.32. The molecule has 1 aromatic heterocycles. The molecule has 110 valence electrons. The molecule has 0 spiro atoms. The zero-order valence-corrected chi connectivity index (χ0v) is 9.82. The monoisotopic (exact) mass is 296 g/mol. The quantitative estimate of drug-likeness (QED) is 0.502. The molecule has 0 fully saturated rings. The van der Waals surface area contributed by atoms with Crippen molar-refractivity contribution in [1.29, 1.82) is 0 Å². The lowest BCUT2D eigenvalue weighted by atomic mass is 10.1. The van der Waals surface area contributed by atoms with Gasteiger partial charge in [0.25, 0.3) is 5.56 Å². The number of nitrogens with zero attached hydrogens (tertiary/aromatic N) is 1. The van der Waals surface area contributed by atoms with E-state index in [1.807, 2.05) is 4.98 Å². The Morgan fingerprint density at radius 3 is 2.55 bits per heavy atom. The van der Waals surface area contributed by atoms with Crippen molar-refractivity contribution in [2.75, 3.05) is 7.11 Å². The van der Waals surface area contributed by atoms with Crippen LogP contribution in [0.25, 0.3) is 0 Å². The second-order valence-corrected chi connectivity index (χ2v) is 3.37. The van der Waals surface area contributed by atoms with Crippen LogP contribution in [0.4, 0.5) is 18.9 Å². The maximum absolute atomic E-state index is 12.1. The molecule has 0 aromatic carbocycles. The van der Waals surface area contributed by atoms with Crippen LogP contribution in [0, 0.1) is 10.1 Å². The van der Waals surface area contributed by atoms with Crippen molar-refractivity contribution in [3.05, 3.63) is 32.2 Å². The number of hydrogen-bond donors (Lipinski definition) is 1. The third-order valence-electron chi connectivity index (χ3n) is 2.08. The van der Waals surface area contributed by atoms with Crippen molar-refractivity contribution in [2.45, 2.75) is 12.8 Å². The average molecular weight is 296 g/mol. The number of hydrogen-bond acceptors (Lipinski definition) is 6. The number of carbonyl (C=O) groups is 1. The molecule has 0 amide bonds. The van der Waals surface area contributed by atoms with Crippen LogP contribution in [0.3, 0.4) is 0 Å². The van der Waals surface area contributed by atoms with E-state index < -0.39 is 46.2 Å². The van der Waals surface area contributed by atoms with E-state index in [1.165, 1.54) is 0 Å². The molecule has 0 aliphatic carbocycles. The Morgan fingerprint density at radius 2 is 2.10 bits per heavy atom. The number of methoxy groups -OCH3 is 1. The van der Waals surface area contributed by atoms with Gasteiger partial charge in [-0.3, -0.25) is 19.7 Å². The Hall–Kier alpha value is -2.59. The minimum absolute atomic E-state index is 0.398. The normalized spacial score (nSPS) is 11.0. The second-order valence-electron chi connectivity index (χ2n) is 3.37. The van der Waals surface area contributed by atoms with Gasteiger partial charge in [0.15, 0.2) is 0 Å². The van der Waals surface area contributed by atoms with Crippen molar-refractivity contribution in [3.8, 4) is 5.75 Å². The number of aromatic amines is 1. The number of carbonyl (C=O) groups excluding carboxylic acids is 1. The molecular formula is C9H7F3N2O6. The lowest BCUT2D eigenvalue weighted by Crippen LogP contribution is -2.23. The van der Waals surface area contributed by atoms with Crippen molar-refractivity contribution in [3.63, 3.8) is 0 Å². The van der Waals surface area contributed by atoms with Gasteiger partial charge in [0, 0.05) is 0 Å². The number of nitro groups is 1. The van der Waals surface area contributed by atoms with Crippen molar-refractivity contribution < 1.29 is 32.4 Å². The van der Waals surface area contributed by atoms with E-state index in [4.69, 9.17) is 0 Å².